The van der Waals surface area contributed by atoms with Gasteiger partial charge in [0.25, 0.3) is 0 Å². The highest BCUT2D eigenvalue weighted by Gasteiger charge is 2.24. The van der Waals surface area contributed by atoms with Crippen LogP contribution in [0.1, 0.15) is 32.4 Å². The number of halogens is 2. The predicted octanol–water partition coefficient (Wildman–Crippen LogP) is 3.33. The molecule has 0 aromatic heterocycles. The summed E-state index contributed by atoms with van der Waals surface area (Å²) in [5.41, 5.74) is 0.253. The highest BCUT2D eigenvalue weighted by molar-refractivity contribution is 6.30. The minimum atomic E-state index is -0.806. The third-order valence-electron chi connectivity index (χ3n) is 2.53. The summed E-state index contributed by atoms with van der Waals surface area (Å²) >= 11 is 5.71. The third-order valence-corrected chi connectivity index (χ3v) is 2.76. The van der Waals surface area contributed by atoms with Gasteiger partial charge in [-0.05, 0) is 31.5 Å². The van der Waals surface area contributed by atoms with Crippen LogP contribution in [-0.2, 0) is 9.53 Å². The summed E-state index contributed by atoms with van der Waals surface area (Å²) in [6.07, 6.45) is 0. The Balaban J connectivity index is 2.97. The molecule has 1 aromatic rings. The molecule has 0 spiro atoms. The van der Waals surface area contributed by atoms with Gasteiger partial charge in [0, 0.05) is 10.6 Å². The molecule has 5 heteroatoms. The van der Waals surface area contributed by atoms with Gasteiger partial charge in [-0.3, -0.25) is 0 Å². The molecule has 0 heterocycles. The number of carbonyl (C=O) groups is 1. The van der Waals surface area contributed by atoms with E-state index in [-0.39, 0.29) is 12.2 Å². The number of esters is 1. The quantitative estimate of drug-likeness (QED) is 0.816. The molecule has 1 N–H and O–H groups in total. The predicted molar refractivity (Wildman–Crippen MR) is 73.6 cm³/mol. The Morgan fingerprint density at radius 1 is 1.47 bits per heavy atom. The maximum absolute atomic E-state index is 13.9. The smallest absolute Gasteiger partial charge is 0.327 e. The van der Waals surface area contributed by atoms with Crippen molar-refractivity contribution in [2.24, 2.45) is 5.92 Å². The lowest BCUT2D eigenvalue weighted by Gasteiger charge is -2.19. The first-order valence-electron chi connectivity index (χ1n) is 6.30. The van der Waals surface area contributed by atoms with Gasteiger partial charge < -0.3 is 10.1 Å². The van der Waals surface area contributed by atoms with Crippen molar-refractivity contribution in [3.63, 3.8) is 0 Å². The van der Waals surface area contributed by atoms with E-state index in [2.05, 4.69) is 5.32 Å². The van der Waals surface area contributed by atoms with Gasteiger partial charge in [-0.1, -0.05) is 31.5 Å². The van der Waals surface area contributed by atoms with E-state index >= 15 is 0 Å². The second-order valence-electron chi connectivity index (χ2n) is 4.65. The minimum absolute atomic E-state index is 0.253. The van der Waals surface area contributed by atoms with Crippen molar-refractivity contribution >= 4 is 17.6 Å². The molecule has 0 bridgehead atoms. The van der Waals surface area contributed by atoms with E-state index in [1.54, 1.807) is 13.0 Å². The number of benzene rings is 1. The second kappa shape index (κ2) is 7.46. The van der Waals surface area contributed by atoms with Gasteiger partial charge in [0.1, 0.15) is 11.9 Å². The van der Waals surface area contributed by atoms with E-state index in [1.165, 1.54) is 12.1 Å². The number of hydrogen-bond acceptors (Lipinski definition) is 3. The molecular weight excluding hydrogens is 269 g/mol. The zero-order valence-corrected chi connectivity index (χ0v) is 12.1. The molecule has 1 atom stereocenters. The first-order valence-corrected chi connectivity index (χ1v) is 6.68. The lowest BCUT2D eigenvalue weighted by molar-refractivity contribution is -0.146. The Morgan fingerprint density at radius 3 is 2.68 bits per heavy atom. The van der Waals surface area contributed by atoms with Gasteiger partial charge in [-0.25, -0.2) is 9.18 Å². The number of nitrogens with one attached hydrogen (secondary N) is 1. The molecule has 0 fully saturated rings. The fourth-order valence-corrected chi connectivity index (χ4v) is 1.79. The van der Waals surface area contributed by atoms with Gasteiger partial charge in [0.2, 0.25) is 0 Å². The van der Waals surface area contributed by atoms with Crippen LogP contribution in [0.2, 0.25) is 5.02 Å². The SMILES string of the molecule is CCOC(=O)C(NCC(C)C)c1ccc(Cl)cc1F. The highest BCUT2D eigenvalue weighted by atomic mass is 35.5. The summed E-state index contributed by atoms with van der Waals surface area (Å²) in [5.74, 6) is -0.654. The molecule has 0 radical (unpaired) electrons. The summed E-state index contributed by atoms with van der Waals surface area (Å²) in [4.78, 5) is 11.9. The fourth-order valence-electron chi connectivity index (χ4n) is 1.64. The Hall–Kier alpha value is -1.13. The van der Waals surface area contributed by atoms with Crippen LogP contribution >= 0.6 is 11.6 Å². The Labute approximate surface area is 118 Å². The van der Waals surface area contributed by atoms with Crippen LogP contribution < -0.4 is 5.32 Å². The van der Waals surface area contributed by atoms with Crippen molar-refractivity contribution in [3.8, 4) is 0 Å². The number of carbonyl (C=O) groups excluding carboxylic acids is 1. The Morgan fingerprint density at radius 2 is 2.16 bits per heavy atom. The molecule has 1 rings (SSSR count). The Bertz CT molecular complexity index is 437. The van der Waals surface area contributed by atoms with Crippen LogP contribution in [0.4, 0.5) is 4.39 Å². The van der Waals surface area contributed by atoms with E-state index < -0.39 is 17.8 Å². The van der Waals surface area contributed by atoms with E-state index in [1.807, 2.05) is 13.8 Å². The maximum atomic E-state index is 13.9. The average molecular weight is 288 g/mol. The van der Waals surface area contributed by atoms with Crippen molar-refractivity contribution in [3.05, 3.63) is 34.6 Å². The molecule has 0 aliphatic rings. The molecule has 0 aliphatic heterocycles. The average Bonchev–Trinajstić information content (AvgIpc) is 2.31. The molecule has 0 saturated carbocycles. The molecule has 1 unspecified atom stereocenters. The van der Waals surface area contributed by atoms with Gasteiger partial charge in [0.05, 0.1) is 6.61 Å². The largest absolute Gasteiger partial charge is 0.465 e. The number of hydrogen-bond donors (Lipinski definition) is 1. The Kier molecular flexibility index (Phi) is 6.25. The molecule has 1 aromatic carbocycles. The van der Waals surface area contributed by atoms with Crippen molar-refractivity contribution in [1.82, 2.24) is 5.32 Å². The zero-order valence-electron chi connectivity index (χ0n) is 11.4. The lowest BCUT2D eigenvalue weighted by Crippen LogP contribution is -2.33. The van der Waals surface area contributed by atoms with Crippen molar-refractivity contribution in [1.29, 1.82) is 0 Å². The standard InChI is InChI=1S/C14H19ClFNO2/c1-4-19-14(18)13(17-8-9(2)3)11-6-5-10(15)7-12(11)16/h5-7,9,13,17H,4,8H2,1-3H3. The zero-order chi connectivity index (χ0) is 14.4. The van der Waals surface area contributed by atoms with Crippen LogP contribution in [0.25, 0.3) is 0 Å². The number of rotatable bonds is 6. The summed E-state index contributed by atoms with van der Waals surface area (Å²) < 4.78 is 18.9. The minimum Gasteiger partial charge on any atom is -0.465 e. The monoisotopic (exact) mass is 287 g/mol. The van der Waals surface area contributed by atoms with E-state index in [0.717, 1.165) is 0 Å². The third kappa shape index (κ3) is 4.80. The van der Waals surface area contributed by atoms with Gasteiger partial charge in [0.15, 0.2) is 0 Å². The second-order valence-corrected chi connectivity index (χ2v) is 5.09. The van der Waals surface area contributed by atoms with Crippen molar-refractivity contribution < 1.29 is 13.9 Å². The lowest BCUT2D eigenvalue weighted by atomic mass is 10.1. The van der Waals surface area contributed by atoms with Crippen LogP contribution in [0, 0.1) is 11.7 Å². The summed E-state index contributed by atoms with van der Waals surface area (Å²) in [6.45, 7) is 6.58. The van der Waals surface area contributed by atoms with Crippen LogP contribution in [0.5, 0.6) is 0 Å². The molecule has 0 amide bonds. The summed E-state index contributed by atoms with van der Waals surface area (Å²) in [5, 5.41) is 3.32. The fraction of sp³-hybridized carbons (Fsp3) is 0.500. The molecule has 106 valence electrons. The summed E-state index contributed by atoms with van der Waals surface area (Å²) in [7, 11) is 0. The van der Waals surface area contributed by atoms with Crippen LogP contribution in [0.15, 0.2) is 18.2 Å². The highest BCUT2D eigenvalue weighted by Crippen LogP contribution is 2.22. The molecule has 3 nitrogen and oxygen atoms in total. The molecular formula is C14H19ClFNO2. The van der Waals surface area contributed by atoms with Gasteiger partial charge in [-0.15, -0.1) is 0 Å². The van der Waals surface area contributed by atoms with E-state index in [9.17, 15) is 9.18 Å². The number of ether oxygens (including phenoxy) is 1. The topological polar surface area (TPSA) is 38.3 Å². The van der Waals surface area contributed by atoms with Crippen LogP contribution in [-0.4, -0.2) is 19.1 Å². The molecule has 19 heavy (non-hydrogen) atoms. The summed E-state index contributed by atoms with van der Waals surface area (Å²) in [6, 6.07) is 3.45. The maximum Gasteiger partial charge on any atom is 0.327 e. The van der Waals surface area contributed by atoms with E-state index in [4.69, 9.17) is 16.3 Å². The van der Waals surface area contributed by atoms with Gasteiger partial charge in [-0.2, -0.15) is 0 Å². The van der Waals surface area contributed by atoms with Gasteiger partial charge >= 0.3 is 5.97 Å². The normalized spacial score (nSPS) is 12.5. The van der Waals surface area contributed by atoms with Crippen molar-refractivity contribution in [2.75, 3.05) is 13.2 Å². The first kappa shape index (κ1) is 15.9. The molecule has 0 aliphatic carbocycles. The van der Waals surface area contributed by atoms with Crippen LogP contribution in [0.3, 0.4) is 0 Å². The first-order chi connectivity index (χ1) is 8.95. The van der Waals surface area contributed by atoms with Crippen molar-refractivity contribution in [2.45, 2.75) is 26.8 Å². The molecule has 0 saturated heterocycles. The van der Waals surface area contributed by atoms with E-state index in [0.29, 0.717) is 17.5 Å².